The first-order valence-electron chi connectivity index (χ1n) is 6.79. The number of benzene rings is 1. The van der Waals surface area contributed by atoms with E-state index in [1.165, 1.54) is 12.3 Å². The lowest BCUT2D eigenvalue weighted by atomic mass is 10.00. The van der Waals surface area contributed by atoms with Crippen molar-refractivity contribution in [1.82, 2.24) is 19.8 Å². The van der Waals surface area contributed by atoms with E-state index >= 15 is 0 Å². The number of amides is 1. The minimum Gasteiger partial charge on any atom is -0.347 e. The van der Waals surface area contributed by atoms with Gasteiger partial charge in [-0.2, -0.15) is 0 Å². The van der Waals surface area contributed by atoms with E-state index in [1.54, 1.807) is 12.1 Å². The van der Waals surface area contributed by atoms with Gasteiger partial charge in [0.1, 0.15) is 10.7 Å². The molecule has 8 heteroatoms. The van der Waals surface area contributed by atoms with E-state index in [4.69, 9.17) is 11.6 Å². The summed E-state index contributed by atoms with van der Waals surface area (Å²) in [5, 5.41) is 6.75. The van der Waals surface area contributed by atoms with Crippen molar-refractivity contribution in [2.45, 2.75) is 18.5 Å². The van der Waals surface area contributed by atoms with Gasteiger partial charge in [-0.1, -0.05) is 22.2 Å². The molecule has 2 atom stereocenters. The number of hydrogen-bond donors (Lipinski definition) is 1. The van der Waals surface area contributed by atoms with E-state index in [2.05, 4.69) is 19.8 Å². The van der Waals surface area contributed by atoms with Gasteiger partial charge in [-0.3, -0.25) is 9.69 Å². The van der Waals surface area contributed by atoms with Gasteiger partial charge in [-0.15, -0.1) is 5.10 Å². The van der Waals surface area contributed by atoms with Crippen molar-refractivity contribution in [1.29, 1.82) is 0 Å². The number of carbonyl (C=O) groups excluding carboxylic acids is 1. The van der Waals surface area contributed by atoms with Crippen molar-refractivity contribution in [2.24, 2.45) is 0 Å². The largest absolute Gasteiger partial charge is 0.347 e. The summed E-state index contributed by atoms with van der Waals surface area (Å²) in [5.74, 6) is -0.647. The number of aromatic nitrogens is 2. The van der Waals surface area contributed by atoms with Crippen LogP contribution in [0.3, 0.4) is 0 Å². The van der Waals surface area contributed by atoms with E-state index in [0.717, 1.165) is 30.1 Å². The molecule has 0 saturated carbocycles. The van der Waals surface area contributed by atoms with Gasteiger partial charge in [-0.05, 0) is 42.7 Å². The average Bonchev–Trinajstić information content (AvgIpc) is 3.13. The predicted molar refractivity (Wildman–Crippen MR) is 82.6 cm³/mol. The first kappa shape index (κ1) is 15.3. The quantitative estimate of drug-likeness (QED) is 0.932. The summed E-state index contributed by atoms with van der Waals surface area (Å²) >= 11 is 6.79. The van der Waals surface area contributed by atoms with Crippen molar-refractivity contribution in [3.63, 3.8) is 0 Å². The zero-order valence-corrected chi connectivity index (χ0v) is 13.4. The molecular formula is C14H14ClFN4OS. The van der Waals surface area contributed by atoms with Crippen LogP contribution in [0.2, 0.25) is 5.02 Å². The lowest BCUT2D eigenvalue weighted by Gasteiger charge is -2.26. The average molecular weight is 341 g/mol. The number of halogens is 2. The summed E-state index contributed by atoms with van der Waals surface area (Å²) in [4.78, 5) is 14.7. The third-order valence-electron chi connectivity index (χ3n) is 3.84. The van der Waals surface area contributed by atoms with Crippen LogP contribution in [0.25, 0.3) is 0 Å². The molecule has 3 rings (SSSR count). The molecule has 0 spiro atoms. The minimum atomic E-state index is -0.448. The van der Waals surface area contributed by atoms with Gasteiger partial charge in [0.05, 0.1) is 23.3 Å². The monoisotopic (exact) mass is 340 g/mol. The molecule has 1 N–H and O–H groups in total. The third kappa shape index (κ3) is 2.97. The second-order valence-electron chi connectivity index (χ2n) is 5.25. The molecule has 0 aliphatic carbocycles. The van der Waals surface area contributed by atoms with Crippen molar-refractivity contribution >= 4 is 29.0 Å². The Morgan fingerprint density at radius 3 is 3.05 bits per heavy atom. The third-order valence-corrected chi connectivity index (χ3v) is 4.81. The lowest BCUT2D eigenvalue weighted by Crippen LogP contribution is -2.38. The fourth-order valence-electron chi connectivity index (χ4n) is 2.79. The van der Waals surface area contributed by atoms with Gasteiger partial charge in [0.2, 0.25) is 0 Å². The molecule has 2 aromatic rings. The SMILES string of the molecule is CN1CC[C@H](NC(=O)c2cnns2)[C@H]1c1ccc(Cl)c(F)c1. The van der Waals surface area contributed by atoms with E-state index in [1.807, 2.05) is 7.05 Å². The number of likely N-dealkylation sites (N-methyl/N-ethyl adjacent to an activating group) is 1. The zero-order chi connectivity index (χ0) is 15.7. The van der Waals surface area contributed by atoms with E-state index < -0.39 is 5.82 Å². The number of nitrogens with zero attached hydrogens (tertiary/aromatic N) is 3. The second-order valence-corrected chi connectivity index (χ2v) is 6.44. The number of likely N-dealkylation sites (tertiary alicyclic amines) is 1. The molecule has 22 heavy (non-hydrogen) atoms. The van der Waals surface area contributed by atoms with Gasteiger partial charge in [0, 0.05) is 6.54 Å². The summed E-state index contributed by atoms with van der Waals surface area (Å²) in [6, 6.07) is 4.59. The van der Waals surface area contributed by atoms with Gasteiger partial charge < -0.3 is 5.32 Å². The number of nitrogens with one attached hydrogen (secondary N) is 1. The Labute approximate surface area is 136 Å². The lowest BCUT2D eigenvalue weighted by molar-refractivity contribution is 0.0931. The van der Waals surface area contributed by atoms with Crippen LogP contribution in [0.5, 0.6) is 0 Å². The van der Waals surface area contributed by atoms with Gasteiger partial charge in [0.25, 0.3) is 5.91 Å². The molecule has 0 radical (unpaired) electrons. The van der Waals surface area contributed by atoms with Crippen LogP contribution < -0.4 is 5.32 Å². The minimum absolute atomic E-state index is 0.0865. The van der Waals surface area contributed by atoms with Crippen LogP contribution in [0.1, 0.15) is 27.7 Å². The van der Waals surface area contributed by atoms with Crippen LogP contribution in [0, 0.1) is 5.82 Å². The Morgan fingerprint density at radius 1 is 1.55 bits per heavy atom. The maximum absolute atomic E-state index is 13.7. The highest BCUT2D eigenvalue weighted by atomic mass is 35.5. The molecule has 1 aromatic carbocycles. The highest BCUT2D eigenvalue weighted by Crippen LogP contribution is 2.32. The summed E-state index contributed by atoms with van der Waals surface area (Å²) in [6.07, 6.45) is 2.24. The first-order chi connectivity index (χ1) is 10.6. The molecule has 1 aromatic heterocycles. The van der Waals surface area contributed by atoms with Crippen LogP contribution in [-0.4, -0.2) is 40.0 Å². The molecule has 1 amide bonds. The topological polar surface area (TPSA) is 58.1 Å². The fraction of sp³-hybridized carbons (Fsp3) is 0.357. The number of carbonyl (C=O) groups is 1. The van der Waals surface area contributed by atoms with E-state index in [-0.39, 0.29) is 23.0 Å². The van der Waals surface area contributed by atoms with Crippen molar-refractivity contribution < 1.29 is 9.18 Å². The molecule has 116 valence electrons. The first-order valence-corrected chi connectivity index (χ1v) is 7.95. The van der Waals surface area contributed by atoms with Crippen molar-refractivity contribution in [2.75, 3.05) is 13.6 Å². The fourth-order valence-corrected chi connectivity index (χ4v) is 3.32. The van der Waals surface area contributed by atoms with Crippen LogP contribution in [-0.2, 0) is 0 Å². The molecule has 1 aliphatic heterocycles. The highest BCUT2D eigenvalue weighted by molar-refractivity contribution is 7.07. The highest BCUT2D eigenvalue weighted by Gasteiger charge is 2.34. The Morgan fingerprint density at radius 2 is 2.36 bits per heavy atom. The predicted octanol–water partition coefficient (Wildman–Crippen LogP) is 2.51. The van der Waals surface area contributed by atoms with Crippen LogP contribution >= 0.6 is 23.1 Å². The summed E-state index contributed by atoms with van der Waals surface area (Å²) < 4.78 is 17.4. The summed E-state index contributed by atoms with van der Waals surface area (Å²) in [6.45, 7) is 0.820. The summed E-state index contributed by atoms with van der Waals surface area (Å²) in [5.41, 5.74) is 0.801. The Hall–Kier alpha value is -1.57. The number of rotatable bonds is 3. The molecule has 1 aliphatic rings. The standard InChI is InChI=1S/C14H14ClFN4OS/c1-20-5-4-11(18-14(21)12-7-17-19-22-12)13(20)8-2-3-9(15)10(16)6-8/h2-3,6-7,11,13H,4-5H2,1H3,(H,18,21)/t11-,13+/m0/s1. The maximum atomic E-state index is 13.7. The molecule has 0 bridgehead atoms. The van der Waals surface area contributed by atoms with Crippen molar-refractivity contribution in [3.05, 3.63) is 45.7 Å². The second kappa shape index (κ2) is 6.28. The van der Waals surface area contributed by atoms with Crippen molar-refractivity contribution in [3.8, 4) is 0 Å². The summed E-state index contributed by atoms with van der Waals surface area (Å²) in [7, 11) is 1.96. The zero-order valence-electron chi connectivity index (χ0n) is 11.8. The van der Waals surface area contributed by atoms with Crippen LogP contribution in [0.4, 0.5) is 4.39 Å². The van der Waals surface area contributed by atoms with E-state index in [0.29, 0.717) is 4.88 Å². The van der Waals surface area contributed by atoms with Gasteiger partial charge in [0.15, 0.2) is 0 Å². The molecule has 1 saturated heterocycles. The Bertz CT molecular complexity index is 681. The van der Waals surface area contributed by atoms with Gasteiger partial charge in [-0.25, -0.2) is 4.39 Å². The molecule has 0 unspecified atom stereocenters. The Kier molecular flexibility index (Phi) is 4.37. The molecule has 5 nitrogen and oxygen atoms in total. The number of hydrogen-bond acceptors (Lipinski definition) is 5. The molecular weight excluding hydrogens is 327 g/mol. The maximum Gasteiger partial charge on any atom is 0.264 e. The van der Waals surface area contributed by atoms with E-state index in [9.17, 15) is 9.18 Å². The smallest absolute Gasteiger partial charge is 0.264 e. The molecule has 1 fully saturated rings. The normalized spacial score (nSPS) is 22.0. The van der Waals surface area contributed by atoms with Crippen LogP contribution in [0.15, 0.2) is 24.4 Å². The Balaban J connectivity index is 1.81. The van der Waals surface area contributed by atoms with Gasteiger partial charge >= 0.3 is 0 Å². The molecule has 2 heterocycles.